The summed E-state index contributed by atoms with van der Waals surface area (Å²) in [6.45, 7) is 3.18. The second kappa shape index (κ2) is 7.22. The number of nitrogens with two attached hydrogens (primary N) is 1. The molecule has 9 heavy (non-hydrogen) atoms. The van der Waals surface area contributed by atoms with Gasteiger partial charge in [0.2, 0.25) is 0 Å². The molecule has 0 spiro atoms. The van der Waals surface area contributed by atoms with Crippen LogP contribution >= 0.6 is 12.6 Å². The van der Waals surface area contributed by atoms with E-state index in [0.717, 1.165) is 6.54 Å². The molecule has 0 aromatic rings. The van der Waals surface area contributed by atoms with Gasteiger partial charge in [-0.2, -0.15) is 0 Å². The van der Waals surface area contributed by atoms with Crippen LogP contribution in [0.3, 0.4) is 0 Å². The van der Waals surface area contributed by atoms with E-state index in [0.29, 0.717) is 0 Å². The van der Waals surface area contributed by atoms with Crippen molar-refractivity contribution in [1.29, 1.82) is 0 Å². The summed E-state index contributed by atoms with van der Waals surface area (Å²) in [7, 11) is 0. The molecule has 1 atom stereocenters. The molecule has 0 bridgehead atoms. The summed E-state index contributed by atoms with van der Waals surface area (Å²) in [5, 5.41) is 0. The van der Waals surface area contributed by atoms with Gasteiger partial charge in [-0.05, 0) is 0 Å². The predicted octanol–water partition coefficient (Wildman–Crippen LogP) is 1.05. The minimum atomic E-state index is -1.05. The Morgan fingerprint density at radius 2 is 2.22 bits per heavy atom. The van der Waals surface area contributed by atoms with E-state index in [9.17, 15) is 0 Å². The second-order valence-electron chi connectivity index (χ2n) is 2.39. The molecular weight excluding hydrogens is 237 g/mol. The molecule has 56 valence electrons. The topological polar surface area (TPSA) is 26.0 Å². The van der Waals surface area contributed by atoms with Gasteiger partial charge in [0, 0.05) is 0 Å². The van der Waals surface area contributed by atoms with E-state index < -0.39 is 19.8 Å². The van der Waals surface area contributed by atoms with Gasteiger partial charge in [-0.3, -0.25) is 0 Å². The molecule has 0 radical (unpaired) electrons. The molecule has 0 rings (SSSR count). The first-order valence-electron chi connectivity index (χ1n) is 3.66. The SMILES string of the molecule is C[CH2][SnH]([CH2]S)[CH2]CCN. The van der Waals surface area contributed by atoms with Crippen molar-refractivity contribution in [3.05, 3.63) is 0 Å². The summed E-state index contributed by atoms with van der Waals surface area (Å²) in [6, 6.07) is 0. The first-order valence-corrected chi connectivity index (χ1v) is 11.3. The molecule has 1 nitrogen and oxygen atoms in total. The van der Waals surface area contributed by atoms with Crippen LogP contribution in [-0.4, -0.2) is 30.1 Å². The average molecular weight is 254 g/mol. The Labute approximate surface area is 70.5 Å². The van der Waals surface area contributed by atoms with Gasteiger partial charge in [-0.1, -0.05) is 0 Å². The molecule has 2 N–H and O–H groups in total. The van der Waals surface area contributed by atoms with Crippen LogP contribution < -0.4 is 5.73 Å². The van der Waals surface area contributed by atoms with Crippen molar-refractivity contribution in [2.75, 3.05) is 10.3 Å². The van der Waals surface area contributed by atoms with Crippen LogP contribution in [0.2, 0.25) is 8.87 Å². The molecule has 0 aliphatic carbocycles. The first kappa shape index (κ1) is 10.1. The van der Waals surface area contributed by atoms with Crippen molar-refractivity contribution in [3.63, 3.8) is 0 Å². The summed E-state index contributed by atoms with van der Waals surface area (Å²) in [5.41, 5.74) is 5.39. The van der Waals surface area contributed by atoms with E-state index in [1.165, 1.54) is 19.1 Å². The third-order valence-electron chi connectivity index (χ3n) is 1.65. The molecule has 0 fully saturated rings. The molecule has 0 aromatic heterocycles. The second-order valence-corrected chi connectivity index (χ2v) is 14.8. The van der Waals surface area contributed by atoms with Crippen LogP contribution in [0.15, 0.2) is 0 Å². The third kappa shape index (κ3) is 5.55. The molecule has 0 heterocycles. The Hall–Kier alpha value is 1.11. The first-order chi connectivity index (χ1) is 4.35. The van der Waals surface area contributed by atoms with Crippen molar-refractivity contribution in [2.24, 2.45) is 5.73 Å². The van der Waals surface area contributed by atoms with Crippen LogP contribution in [0.4, 0.5) is 0 Å². The average Bonchev–Trinajstić information content (AvgIpc) is 1.91. The molecule has 0 aliphatic heterocycles. The summed E-state index contributed by atoms with van der Waals surface area (Å²) >= 11 is 3.27. The predicted molar refractivity (Wildman–Crippen MR) is 50.0 cm³/mol. The molecule has 0 aliphatic rings. The molecule has 0 amide bonds. The number of hydrogen-bond donors (Lipinski definition) is 2. The van der Waals surface area contributed by atoms with Crippen LogP contribution in [0.25, 0.3) is 0 Å². The van der Waals surface area contributed by atoms with Gasteiger partial charge in [-0.15, -0.1) is 0 Å². The zero-order valence-corrected chi connectivity index (χ0v) is 10.3. The van der Waals surface area contributed by atoms with Crippen molar-refractivity contribution in [2.45, 2.75) is 22.2 Å². The number of thiol groups is 1. The van der Waals surface area contributed by atoms with E-state index >= 15 is 0 Å². The zero-order chi connectivity index (χ0) is 7.11. The quantitative estimate of drug-likeness (QED) is 0.556. The van der Waals surface area contributed by atoms with E-state index in [1.807, 2.05) is 0 Å². The van der Waals surface area contributed by atoms with Crippen LogP contribution in [0.1, 0.15) is 13.3 Å². The maximum atomic E-state index is 5.39. The number of hydrogen-bond acceptors (Lipinski definition) is 2. The summed E-state index contributed by atoms with van der Waals surface area (Å²) in [6.07, 6.45) is 1.25. The maximum absolute atomic E-state index is 5.39. The molecule has 0 saturated carbocycles. The van der Waals surface area contributed by atoms with E-state index in [4.69, 9.17) is 5.73 Å². The molecule has 0 aromatic carbocycles. The van der Waals surface area contributed by atoms with Crippen LogP contribution in [0, 0.1) is 0 Å². The zero-order valence-electron chi connectivity index (χ0n) is 6.14. The molecule has 0 saturated heterocycles. The van der Waals surface area contributed by atoms with Gasteiger partial charge in [0.1, 0.15) is 0 Å². The molecule has 1 unspecified atom stereocenters. The van der Waals surface area contributed by atoms with Crippen molar-refractivity contribution in [1.82, 2.24) is 0 Å². The fourth-order valence-corrected chi connectivity index (χ4v) is 8.53. The van der Waals surface area contributed by atoms with Gasteiger partial charge in [0.25, 0.3) is 0 Å². The number of rotatable bonds is 5. The fourth-order valence-electron chi connectivity index (χ4n) is 0.831. The monoisotopic (exact) mass is 255 g/mol. The van der Waals surface area contributed by atoms with Crippen molar-refractivity contribution < 1.29 is 0 Å². The van der Waals surface area contributed by atoms with Gasteiger partial charge < -0.3 is 0 Å². The Balaban J connectivity index is 3.09. The van der Waals surface area contributed by atoms with Gasteiger partial charge in [0.05, 0.1) is 0 Å². The Bertz CT molecular complexity index is 57.0. The summed E-state index contributed by atoms with van der Waals surface area (Å²) < 4.78 is 4.13. The summed E-state index contributed by atoms with van der Waals surface area (Å²) in [4.78, 5) is 0. The normalized spacial score (nSPS) is 13.7. The third-order valence-corrected chi connectivity index (χ3v) is 13.4. The van der Waals surface area contributed by atoms with Crippen molar-refractivity contribution >= 4 is 32.4 Å². The Kier molecular flexibility index (Phi) is 8.11. The van der Waals surface area contributed by atoms with Crippen LogP contribution in [0.5, 0.6) is 0 Å². The standard InChI is InChI=1S/C3H8N.C2H5.CH3S.Sn.H/c1-2-3-4;2*1-2;;/h1-4H2;1H2,2H3;2H,1H2;;. The van der Waals surface area contributed by atoms with E-state index in [1.54, 1.807) is 0 Å². The van der Waals surface area contributed by atoms with E-state index in [2.05, 4.69) is 19.6 Å². The van der Waals surface area contributed by atoms with E-state index in [-0.39, 0.29) is 0 Å². The molecular formula is C6H17NSSn. The Morgan fingerprint density at radius 3 is 2.56 bits per heavy atom. The van der Waals surface area contributed by atoms with Gasteiger partial charge in [0.15, 0.2) is 0 Å². The van der Waals surface area contributed by atoms with Gasteiger partial charge in [-0.25, -0.2) is 0 Å². The molecule has 3 heteroatoms. The fraction of sp³-hybridized carbons (Fsp3) is 1.00. The Morgan fingerprint density at radius 1 is 1.56 bits per heavy atom. The van der Waals surface area contributed by atoms with Crippen LogP contribution in [-0.2, 0) is 0 Å². The summed E-state index contributed by atoms with van der Waals surface area (Å²) in [5.74, 6) is 0. The minimum absolute atomic E-state index is 0.876. The van der Waals surface area contributed by atoms with Gasteiger partial charge >= 0.3 is 70.7 Å². The van der Waals surface area contributed by atoms with Crippen molar-refractivity contribution in [3.8, 4) is 0 Å².